The summed E-state index contributed by atoms with van der Waals surface area (Å²) in [6.07, 6.45) is 0.804. The molecule has 0 spiro atoms. The van der Waals surface area contributed by atoms with Crippen molar-refractivity contribution in [3.8, 4) is 6.07 Å². The fourth-order valence-electron chi connectivity index (χ4n) is 0.916. The number of aliphatic hydroxyl groups excluding tert-OH is 1. The summed E-state index contributed by atoms with van der Waals surface area (Å²) in [6.45, 7) is 1.60. The highest BCUT2D eigenvalue weighted by Gasteiger charge is 2.12. The molecular weight excluding hydrogens is 166 g/mol. The highest BCUT2D eigenvalue weighted by Crippen LogP contribution is 2.11. The Bertz CT molecular complexity index is 313. The molecule has 1 heterocycles. The van der Waals surface area contributed by atoms with E-state index in [4.69, 9.17) is 11.0 Å². The number of nitriles is 1. The van der Waals surface area contributed by atoms with Crippen LogP contribution < -0.4 is 5.73 Å². The molecule has 1 rings (SSSR count). The number of pyridine rings is 1. The van der Waals surface area contributed by atoms with Crippen LogP contribution in [0, 0.1) is 11.3 Å². The lowest BCUT2D eigenvalue weighted by Gasteiger charge is -2.13. The van der Waals surface area contributed by atoms with Crippen molar-refractivity contribution in [3.63, 3.8) is 0 Å². The fraction of sp³-hybridized carbons (Fsp3) is 0.333. The molecule has 1 aromatic heterocycles. The Morgan fingerprint density at radius 3 is 2.69 bits per heavy atom. The largest absolute Gasteiger partial charge is 0.391 e. The van der Waals surface area contributed by atoms with Crippen LogP contribution in [0.3, 0.4) is 0 Å². The second-order valence-corrected chi connectivity index (χ2v) is 2.85. The first kappa shape index (κ1) is 9.65. The summed E-state index contributed by atoms with van der Waals surface area (Å²) in [5.74, 6) is 0. The first-order chi connectivity index (χ1) is 6.15. The molecule has 0 amide bonds. The fourth-order valence-corrected chi connectivity index (χ4v) is 0.916. The minimum absolute atomic E-state index is 0.488. The van der Waals surface area contributed by atoms with E-state index >= 15 is 0 Å². The van der Waals surface area contributed by atoms with E-state index in [1.165, 1.54) is 6.20 Å². The van der Waals surface area contributed by atoms with Gasteiger partial charge in [-0.3, -0.25) is 4.98 Å². The third-order valence-corrected chi connectivity index (χ3v) is 1.78. The van der Waals surface area contributed by atoms with Gasteiger partial charge >= 0.3 is 0 Å². The molecule has 0 saturated heterocycles. The lowest BCUT2D eigenvalue weighted by molar-refractivity contribution is 0.162. The highest BCUT2D eigenvalue weighted by molar-refractivity contribution is 5.27. The highest BCUT2D eigenvalue weighted by atomic mass is 16.3. The molecule has 1 aromatic rings. The van der Waals surface area contributed by atoms with Crippen molar-refractivity contribution >= 4 is 0 Å². The van der Waals surface area contributed by atoms with Gasteiger partial charge in [-0.15, -0.1) is 0 Å². The molecule has 0 unspecified atom stereocenters. The van der Waals surface area contributed by atoms with Crippen LogP contribution in [-0.2, 0) is 0 Å². The molecule has 68 valence electrons. The molecular formula is C9H11N3O. The van der Waals surface area contributed by atoms with Crippen LogP contribution in [0.1, 0.15) is 24.2 Å². The van der Waals surface area contributed by atoms with Crippen LogP contribution in [0.5, 0.6) is 0 Å². The summed E-state index contributed by atoms with van der Waals surface area (Å²) in [5.41, 5.74) is 6.71. The topological polar surface area (TPSA) is 82.9 Å². The van der Waals surface area contributed by atoms with Crippen molar-refractivity contribution in [2.45, 2.75) is 19.1 Å². The van der Waals surface area contributed by atoms with Crippen molar-refractivity contribution in [1.29, 1.82) is 5.26 Å². The van der Waals surface area contributed by atoms with E-state index in [1.54, 1.807) is 19.1 Å². The summed E-state index contributed by atoms with van der Waals surface area (Å²) in [7, 11) is 0. The van der Waals surface area contributed by atoms with Gasteiger partial charge in [-0.1, -0.05) is 0 Å². The summed E-state index contributed by atoms with van der Waals surface area (Å²) >= 11 is 0. The zero-order valence-corrected chi connectivity index (χ0v) is 7.31. The van der Waals surface area contributed by atoms with Gasteiger partial charge in [0.1, 0.15) is 6.07 Å². The quantitative estimate of drug-likeness (QED) is 0.682. The Morgan fingerprint density at radius 2 is 2.31 bits per heavy atom. The lowest BCUT2D eigenvalue weighted by Crippen LogP contribution is -2.24. The Labute approximate surface area is 76.6 Å². The number of hydrogen-bond donors (Lipinski definition) is 2. The van der Waals surface area contributed by atoms with Gasteiger partial charge < -0.3 is 10.8 Å². The predicted octanol–water partition coefficient (Wildman–Crippen LogP) is 0.334. The van der Waals surface area contributed by atoms with Crippen LogP contribution in [0.4, 0.5) is 0 Å². The molecule has 0 aliphatic carbocycles. The third kappa shape index (κ3) is 2.25. The standard InChI is InChI=1S/C9H11N3O/c1-6(13)9(11)8-3-2-7(4-10)5-12-8/h2-3,5-6,9,13H,11H2,1H3/t6-,9-/m0/s1. The molecule has 0 fully saturated rings. The predicted molar refractivity (Wildman–Crippen MR) is 47.6 cm³/mol. The molecule has 4 nitrogen and oxygen atoms in total. The number of hydrogen-bond acceptors (Lipinski definition) is 4. The number of rotatable bonds is 2. The van der Waals surface area contributed by atoms with Gasteiger partial charge in [-0.25, -0.2) is 0 Å². The molecule has 0 radical (unpaired) electrons. The summed E-state index contributed by atoms with van der Waals surface area (Å²) < 4.78 is 0. The van der Waals surface area contributed by atoms with Crippen molar-refractivity contribution in [2.75, 3.05) is 0 Å². The van der Waals surface area contributed by atoms with Crippen LogP contribution in [0.2, 0.25) is 0 Å². The maximum atomic E-state index is 9.17. The van der Waals surface area contributed by atoms with Crippen LogP contribution in [-0.4, -0.2) is 16.2 Å². The number of nitrogens with two attached hydrogens (primary N) is 1. The molecule has 4 heteroatoms. The SMILES string of the molecule is C[C@H](O)[C@H](N)c1ccc(C#N)cn1. The molecule has 0 saturated carbocycles. The monoisotopic (exact) mass is 177 g/mol. The summed E-state index contributed by atoms with van der Waals surface area (Å²) in [6, 6.07) is 4.74. The molecule has 0 aliphatic rings. The molecule has 2 atom stereocenters. The smallest absolute Gasteiger partial charge is 0.101 e. The van der Waals surface area contributed by atoms with Crippen LogP contribution in [0.25, 0.3) is 0 Å². The van der Waals surface area contributed by atoms with Crippen molar-refractivity contribution in [2.24, 2.45) is 5.73 Å². The van der Waals surface area contributed by atoms with Crippen LogP contribution in [0.15, 0.2) is 18.3 Å². The average molecular weight is 177 g/mol. The minimum atomic E-state index is -0.638. The normalized spacial score (nSPS) is 14.6. The Hall–Kier alpha value is -1.44. The van der Waals surface area contributed by atoms with Gasteiger partial charge in [0.25, 0.3) is 0 Å². The van der Waals surface area contributed by atoms with Gasteiger partial charge in [0, 0.05) is 6.20 Å². The molecule has 0 bridgehead atoms. The lowest BCUT2D eigenvalue weighted by atomic mass is 10.1. The van der Waals surface area contributed by atoms with Crippen LogP contribution >= 0.6 is 0 Å². The maximum absolute atomic E-state index is 9.17. The van der Waals surface area contributed by atoms with Gasteiger partial charge in [-0.05, 0) is 19.1 Å². The van der Waals surface area contributed by atoms with E-state index < -0.39 is 12.1 Å². The van der Waals surface area contributed by atoms with Gasteiger partial charge in [0.2, 0.25) is 0 Å². The first-order valence-corrected chi connectivity index (χ1v) is 3.95. The molecule has 3 N–H and O–H groups in total. The second kappa shape index (κ2) is 3.99. The van der Waals surface area contributed by atoms with E-state index in [-0.39, 0.29) is 0 Å². The van der Waals surface area contributed by atoms with Crippen molar-refractivity contribution in [1.82, 2.24) is 4.98 Å². The van der Waals surface area contributed by atoms with E-state index in [0.29, 0.717) is 11.3 Å². The molecule has 0 aliphatic heterocycles. The third-order valence-electron chi connectivity index (χ3n) is 1.78. The van der Waals surface area contributed by atoms with Gasteiger partial charge in [0.05, 0.1) is 23.4 Å². The van der Waals surface area contributed by atoms with E-state index in [9.17, 15) is 5.11 Å². The van der Waals surface area contributed by atoms with E-state index in [0.717, 1.165) is 0 Å². The number of nitrogens with zero attached hydrogens (tertiary/aromatic N) is 2. The zero-order valence-electron chi connectivity index (χ0n) is 7.31. The first-order valence-electron chi connectivity index (χ1n) is 3.95. The zero-order chi connectivity index (χ0) is 9.84. The second-order valence-electron chi connectivity index (χ2n) is 2.85. The van der Waals surface area contributed by atoms with E-state index in [1.807, 2.05) is 6.07 Å². The maximum Gasteiger partial charge on any atom is 0.101 e. The Balaban J connectivity index is 2.87. The molecule has 13 heavy (non-hydrogen) atoms. The molecule has 0 aromatic carbocycles. The van der Waals surface area contributed by atoms with Gasteiger partial charge in [0.15, 0.2) is 0 Å². The summed E-state index contributed by atoms with van der Waals surface area (Å²) in [5, 5.41) is 17.7. The van der Waals surface area contributed by atoms with Crippen molar-refractivity contribution < 1.29 is 5.11 Å². The average Bonchev–Trinajstić information content (AvgIpc) is 2.17. The summed E-state index contributed by atoms with van der Waals surface area (Å²) in [4.78, 5) is 3.96. The Morgan fingerprint density at radius 1 is 1.62 bits per heavy atom. The Kier molecular flexibility index (Phi) is 2.96. The number of aliphatic hydroxyl groups is 1. The van der Waals surface area contributed by atoms with Gasteiger partial charge in [-0.2, -0.15) is 5.26 Å². The van der Waals surface area contributed by atoms with Crippen molar-refractivity contribution in [3.05, 3.63) is 29.6 Å². The van der Waals surface area contributed by atoms with E-state index in [2.05, 4.69) is 4.98 Å². The number of aromatic nitrogens is 1. The minimum Gasteiger partial charge on any atom is -0.391 e.